The molecule has 0 aliphatic carbocycles. The largest absolute Gasteiger partial charge is 0.494 e. The van der Waals surface area contributed by atoms with Crippen LogP contribution < -0.4 is 20.5 Å². The van der Waals surface area contributed by atoms with E-state index in [1.54, 1.807) is 37.4 Å². The molecule has 1 amide bonds. The molecule has 0 fully saturated rings. The Morgan fingerprint density at radius 1 is 1.03 bits per heavy atom. The molecule has 1 heterocycles. The van der Waals surface area contributed by atoms with Gasteiger partial charge in [-0.2, -0.15) is 0 Å². The lowest BCUT2D eigenvalue weighted by Gasteiger charge is -2.12. The summed E-state index contributed by atoms with van der Waals surface area (Å²) in [6.07, 6.45) is 0.961. The third kappa shape index (κ3) is 5.96. The van der Waals surface area contributed by atoms with Crippen molar-refractivity contribution in [3.63, 3.8) is 0 Å². The van der Waals surface area contributed by atoms with E-state index in [1.165, 1.54) is 0 Å². The van der Waals surface area contributed by atoms with E-state index in [0.29, 0.717) is 41.7 Å². The lowest BCUT2D eigenvalue weighted by Crippen LogP contribution is -2.16. The van der Waals surface area contributed by atoms with Crippen molar-refractivity contribution >= 4 is 17.4 Å². The number of carbonyl (C=O) groups excluding carboxylic acids is 1. The second-order valence-electron chi connectivity index (χ2n) is 7.02. The minimum Gasteiger partial charge on any atom is -0.494 e. The van der Waals surface area contributed by atoms with Crippen LogP contribution in [0.15, 0.2) is 54.6 Å². The molecule has 7 nitrogen and oxygen atoms in total. The van der Waals surface area contributed by atoms with Crippen molar-refractivity contribution in [1.82, 2.24) is 4.98 Å². The van der Waals surface area contributed by atoms with E-state index in [1.807, 2.05) is 31.2 Å². The Kier molecular flexibility index (Phi) is 7.45. The molecule has 0 bridgehead atoms. The van der Waals surface area contributed by atoms with Crippen LogP contribution in [0.3, 0.4) is 0 Å². The lowest BCUT2D eigenvalue weighted by molar-refractivity contribution is 0.102. The second kappa shape index (κ2) is 10.4. The van der Waals surface area contributed by atoms with E-state index in [9.17, 15) is 4.79 Å². The number of benzene rings is 2. The number of pyridine rings is 1. The average Bonchev–Trinajstić information content (AvgIpc) is 2.77. The number of nitrogens with one attached hydrogen (secondary N) is 1. The average molecular weight is 421 g/mol. The Balaban J connectivity index is 1.63. The number of hydrogen-bond donors (Lipinski definition) is 2. The van der Waals surface area contributed by atoms with Gasteiger partial charge in [0.2, 0.25) is 0 Å². The van der Waals surface area contributed by atoms with Crippen molar-refractivity contribution in [2.45, 2.75) is 26.9 Å². The molecule has 0 aliphatic rings. The van der Waals surface area contributed by atoms with E-state index >= 15 is 0 Å². The Hall–Kier alpha value is -3.58. The molecular formula is C24H27N3O4. The standard InChI is InChI=1S/C24H27N3O4/c1-4-13-30-18-9-11-20(12-10-18)31-19-7-5-17(6-8-19)26-24(28)21-14-16(2)22(15-29-3)27-23(21)25/h5-12,14H,4,13,15H2,1-3H3,(H2,25,27)(H,26,28). The fourth-order valence-corrected chi connectivity index (χ4v) is 2.90. The van der Waals surface area contributed by atoms with Gasteiger partial charge in [0.25, 0.3) is 5.91 Å². The molecule has 0 spiro atoms. The van der Waals surface area contributed by atoms with Crippen LogP contribution in [0.2, 0.25) is 0 Å². The van der Waals surface area contributed by atoms with E-state index in [0.717, 1.165) is 17.7 Å². The third-order valence-corrected chi connectivity index (χ3v) is 4.52. The van der Waals surface area contributed by atoms with Crippen LogP contribution in [0.4, 0.5) is 11.5 Å². The van der Waals surface area contributed by atoms with Crippen LogP contribution in [0.25, 0.3) is 0 Å². The van der Waals surface area contributed by atoms with E-state index < -0.39 is 0 Å². The highest BCUT2D eigenvalue weighted by Crippen LogP contribution is 2.25. The normalized spacial score (nSPS) is 10.5. The van der Waals surface area contributed by atoms with Crippen molar-refractivity contribution in [1.29, 1.82) is 0 Å². The van der Waals surface area contributed by atoms with Crippen molar-refractivity contribution < 1.29 is 19.0 Å². The first-order valence-corrected chi connectivity index (χ1v) is 10.1. The Labute approximate surface area is 182 Å². The molecule has 3 N–H and O–H groups in total. The smallest absolute Gasteiger partial charge is 0.259 e. The number of nitrogens with two attached hydrogens (primary N) is 1. The molecule has 2 aromatic carbocycles. The maximum Gasteiger partial charge on any atom is 0.259 e. The first-order chi connectivity index (χ1) is 15.0. The maximum absolute atomic E-state index is 12.6. The van der Waals surface area contributed by atoms with Gasteiger partial charge in [-0.05, 0) is 73.5 Å². The van der Waals surface area contributed by atoms with Gasteiger partial charge in [0.15, 0.2) is 0 Å². The molecule has 3 rings (SSSR count). The molecule has 1 aromatic heterocycles. The molecule has 0 atom stereocenters. The van der Waals surface area contributed by atoms with Gasteiger partial charge in [-0.1, -0.05) is 6.92 Å². The molecule has 7 heteroatoms. The summed E-state index contributed by atoms with van der Waals surface area (Å²) in [5.74, 6) is 2.01. The van der Waals surface area contributed by atoms with Crippen LogP contribution in [-0.2, 0) is 11.3 Å². The molecule has 3 aromatic rings. The number of anilines is 2. The number of methoxy groups -OCH3 is 1. The SMILES string of the molecule is CCCOc1ccc(Oc2ccc(NC(=O)c3cc(C)c(COC)nc3N)cc2)cc1. The zero-order chi connectivity index (χ0) is 22.2. The lowest BCUT2D eigenvalue weighted by atomic mass is 10.1. The van der Waals surface area contributed by atoms with Crippen molar-refractivity contribution in [3.05, 3.63) is 71.4 Å². The number of nitrogens with zero attached hydrogens (tertiary/aromatic N) is 1. The molecular weight excluding hydrogens is 394 g/mol. The number of carbonyl (C=O) groups is 1. The minimum atomic E-state index is -0.326. The van der Waals surface area contributed by atoms with Crippen molar-refractivity contribution in [3.8, 4) is 17.2 Å². The first-order valence-electron chi connectivity index (χ1n) is 10.1. The summed E-state index contributed by atoms with van der Waals surface area (Å²) in [6, 6.07) is 16.3. The van der Waals surface area contributed by atoms with Crippen LogP contribution in [-0.4, -0.2) is 24.6 Å². The predicted molar refractivity (Wildman–Crippen MR) is 121 cm³/mol. The number of rotatable bonds is 9. The number of aromatic nitrogens is 1. The highest BCUT2D eigenvalue weighted by molar-refractivity contribution is 6.07. The summed E-state index contributed by atoms with van der Waals surface area (Å²) < 4.78 is 16.5. The topological polar surface area (TPSA) is 95.7 Å². The highest BCUT2D eigenvalue weighted by atomic mass is 16.5. The summed E-state index contributed by atoms with van der Waals surface area (Å²) in [6.45, 7) is 4.96. The van der Waals surface area contributed by atoms with Crippen molar-refractivity contribution in [2.75, 3.05) is 24.8 Å². The molecule has 0 saturated carbocycles. The summed E-state index contributed by atoms with van der Waals surface area (Å²) >= 11 is 0. The van der Waals surface area contributed by atoms with Gasteiger partial charge in [-0.3, -0.25) is 4.79 Å². The molecule has 162 valence electrons. The van der Waals surface area contributed by atoms with Gasteiger partial charge in [0.05, 0.1) is 24.5 Å². The van der Waals surface area contributed by atoms with Gasteiger partial charge in [-0.15, -0.1) is 0 Å². The fraction of sp³-hybridized carbons (Fsp3) is 0.250. The van der Waals surface area contributed by atoms with E-state index in [2.05, 4.69) is 17.2 Å². The summed E-state index contributed by atoms with van der Waals surface area (Å²) in [5, 5.41) is 2.83. The molecule has 31 heavy (non-hydrogen) atoms. The van der Waals surface area contributed by atoms with Crippen LogP contribution in [0.5, 0.6) is 17.2 Å². The first kappa shape index (κ1) is 22.1. The molecule has 0 radical (unpaired) electrons. The zero-order valence-corrected chi connectivity index (χ0v) is 18.0. The number of amides is 1. The maximum atomic E-state index is 12.6. The number of hydrogen-bond acceptors (Lipinski definition) is 6. The Morgan fingerprint density at radius 2 is 1.65 bits per heavy atom. The number of nitrogen functional groups attached to an aromatic ring is 1. The van der Waals surface area contributed by atoms with Crippen LogP contribution in [0.1, 0.15) is 35.0 Å². The van der Waals surface area contributed by atoms with E-state index in [4.69, 9.17) is 19.9 Å². The third-order valence-electron chi connectivity index (χ3n) is 4.52. The minimum absolute atomic E-state index is 0.168. The summed E-state index contributed by atoms with van der Waals surface area (Å²) in [5.41, 5.74) is 8.47. The Bertz CT molecular complexity index is 1020. The molecule has 0 saturated heterocycles. The van der Waals surface area contributed by atoms with Crippen LogP contribution in [0, 0.1) is 6.92 Å². The van der Waals surface area contributed by atoms with Gasteiger partial charge in [0.1, 0.15) is 23.1 Å². The molecule has 0 aliphatic heterocycles. The fourth-order valence-electron chi connectivity index (χ4n) is 2.90. The zero-order valence-electron chi connectivity index (χ0n) is 18.0. The second-order valence-corrected chi connectivity index (χ2v) is 7.02. The van der Waals surface area contributed by atoms with Gasteiger partial charge in [0, 0.05) is 12.8 Å². The predicted octanol–water partition coefficient (Wildman–Crippen LogP) is 4.95. The van der Waals surface area contributed by atoms with Gasteiger partial charge in [-0.25, -0.2) is 4.98 Å². The van der Waals surface area contributed by atoms with Crippen molar-refractivity contribution in [2.24, 2.45) is 0 Å². The van der Waals surface area contributed by atoms with Gasteiger partial charge < -0.3 is 25.3 Å². The summed E-state index contributed by atoms with van der Waals surface area (Å²) in [4.78, 5) is 16.9. The highest BCUT2D eigenvalue weighted by Gasteiger charge is 2.14. The molecule has 0 unspecified atom stereocenters. The van der Waals surface area contributed by atoms with Crippen LogP contribution >= 0.6 is 0 Å². The number of aryl methyl sites for hydroxylation is 1. The quantitative estimate of drug-likeness (QED) is 0.507. The Morgan fingerprint density at radius 3 is 2.26 bits per heavy atom. The summed E-state index contributed by atoms with van der Waals surface area (Å²) in [7, 11) is 1.59. The van der Waals surface area contributed by atoms with Gasteiger partial charge >= 0.3 is 0 Å². The number of ether oxygens (including phenoxy) is 3. The monoisotopic (exact) mass is 421 g/mol. The van der Waals surface area contributed by atoms with E-state index in [-0.39, 0.29) is 11.7 Å².